The Balaban J connectivity index is 1.94. The molecule has 1 aliphatic heterocycles. The highest BCUT2D eigenvalue weighted by Crippen LogP contribution is 2.56. The van der Waals surface area contributed by atoms with Gasteiger partial charge in [-0.3, -0.25) is 14.5 Å². The zero-order valence-corrected chi connectivity index (χ0v) is 11.2. The van der Waals surface area contributed by atoms with Crippen molar-refractivity contribution in [3.8, 4) is 0 Å². The van der Waals surface area contributed by atoms with E-state index < -0.39 is 12.0 Å². The fourth-order valence-electron chi connectivity index (χ4n) is 4.40. The van der Waals surface area contributed by atoms with Crippen LogP contribution < -0.4 is 0 Å². The molecule has 5 heteroatoms. The quantitative estimate of drug-likeness (QED) is 0.776. The Morgan fingerprint density at radius 2 is 1.63 bits per heavy atom. The predicted octanol–water partition coefficient (Wildman–Crippen LogP) is 1.13. The van der Waals surface area contributed by atoms with Crippen LogP contribution in [0.1, 0.15) is 33.1 Å². The Morgan fingerprint density at radius 1 is 1.16 bits per heavy atom. The SMILES string of the molecule is CC(C)C(C(=O)O)N1C(=O)[C@@H]2[C@@H]3CC[C@H](C3)[C@@H]2C1=O. The third-order valence-corrected chi connectivity index (χ3v) is 5.12. The second-order valence-corrected chi connectivity index (χ2v) is 6.46. The number of hydrogen-bond donors (Lipinski definition) is 1. The van der Waals surface area contributed by atoms with E-state index >= 15 is 0 Å². The summed E-state index contributed by atoms with van der Waals surface area (Å²) in [4.78, 5) is 37.4. The van der Waals surface area contributed by atoms with Gasteiger partial charge in [-0.25, -0.2) is 4.79 Å². The van der Waals surface area contributed by atoms with Crippen molar-refractivity contribution in [2.24, 2.45) is 29.6 Å². The smallest absolute Gasteiger partial charge is 0.327 e. The summed E-state index contributed by atoms with van der Waals surface area (Å²) in [6, 6.07) is -1.01. The van der Waals surface area contributed by atoms with Crippen molar-refractivity contribution < 1.29 is 19.5 Å². The minimum absolute atomic E-state index is 0.230. The lowest BCUT2D eigenvalue weighted by atomic mass is 9.81. The van der Waals surface area contributed by atoms with Crippen molar-refractivity contribution in [2.75, 3.05) is 0 Å². The third-order valence-electron chi connectivity index (χ3n) is 5.12. The van der Waals surface area contributed by atoms with Crippen LogP contribution in [-0.2, 0) is 14.4 Å². The van der Waals surface area contributed by atoms with Crippen molar-refractivity contribution >= 4 is 17.8 Å². The molecule has 5 nitrogen and oxygen atoms in total. The maximum atomic E-state index is 12.5. The molecule has 2 aliphatic carbocycles. The molecule has 0 aromatic carbocycles. The highest BCUT2D eigenvalue weighted by atomic mass is 16.4. The van der Waals surface area contributed by atoms with E-state index in [0.29, 0.717) is 11.8 Å². The van der Waals surface area contributed by atoms with Gasteiger partial charge in [-0.2, -0.15) is 0 Å². The topological polar surface area (TPSA) is 74.7 Å². The van der Waals surface area contributed by atoms with Crippen molar-refractivity contribution in [3.63, 3.8) is 0 Å². The van der Waals surface area contributed by atoms with E-state index in [0.717, 1.165) is 24.2 Å². The van der Waals surface area contributed by atoms with Crippen LogP contribution in [0.4, 0.5) is 0 Å². The first kappa shape index (κ1) is 12.6. The summed E-state index contributed by atoms with van der Waals surface area (Å²) in [5.74, 6) is -1.66. The summed E-state index contributed by atoms with van der Waals surface area (Å²) in [6.45, 7) is 3.48. The molecule has 5 atom stereocenters. The zero-order valence-electron chi connectivity index (χ0n) is 11.2. The van der Waals surface area contributed by atoms with Gasteiger partial charge in [-0.15, -0.1) is 0 Å². The average Bonchev–Trinajstić information content (AvgIpc) is 2.97. The number of imide groups is 1. The lowest BCUT2D eigenvalue weighted by Gasteiger charge is -2.27. The van der Waals surface area contributed by atoms with Gasteiger partial charge in [0.1, 0.15) is 6.04 Å². The first-order chi connectivity index (χ1) is 8.93. The molecule has 1 unspecified atom stereocenters. The molecular formula is C14H19NO4. The number of rotatable bonds is 3. The zero-order chi connectivity index (χ0) is 13.9. The van der Waals surface area contributed by atoms with Gasteiger partial charge in [0.05, 0.1) is 11.8 Å². The van der Waals surface area contributed by atoms with E-state index in [1.807, 2.05) is 0 Å². The first-order valence-corrected chi connectivity index (χ1v) is 7.03. The van der Waals surface area contributed by atoms with E-state index in [-0.39, 0.29) is 29.6 Å². The summed E-state index contributed by atoms with van der Waals surface area (Å²) >= 11 is 0. The summed E-state index contributed by atoms with van der Waals surface area (Å²) < 4.78 is 0. The molecule has 2 bridgehead atoms. The number of carboxylic acid groups (broad SMARTS) is 1. The summed E-state index contributed by atoms with van der Waals surface area (Å²) in [5, 5.41) is 9.30. The largest absolute Gasteiger partial charge is 0.480 e. The number of carbonyl (C=O) groups is 3. The second-order valence-electron chi connectivity index (χ2n) is 6.46. The second kappa shape index (κ2) is 4.05. The molecule has 2 saturated carbocycles. The normalized spacial score (nSPS) is 38.2. The minimum atomic E-state index is -1.08. The van der Waals surface area contributed by atoms with Crippen LogP contribution in [-0.4, -0.2) is 33.8 Å². The van der Waals surface area contributed by atoms with E-state index in [1.54, 1.807) is 13.8 Å². The number of nitrogens with zero attached hydrogens (tertiary/aromatic N) is 1. The third kappa shape index (κ3) is 1.56. The van der Waals surface area contributed by atoms with Gasteiger partial charge in [0.25, 0.3) is 0 Å². The van der Waals surface area contributed by atoms with Crippen LogP contribution in [0.5, 0.6) is 0 Å². The Hall–Kier alpha value is -1.39. The van der Waals surface area contributed by atoms with E-state index in [4.69, 9.17) is 0 Å². The molecule has 0 radical (unpaired) electrons. The van der Waals surface area contributed by atoms with Gasteiger partial charge >= 0.3 is 5.97 Å². The molecule has 0 spiro atoms. The van der Waals surface area contributed by atoms with Crippen molar-refractivity contribution in [3.05, 3.63) is 0 Å². The molecule has 0 aromatic rings. The number of carbonyl (C=O) groups excluding carboxylic acids is 2. The highest BCUT2D eigenvalue weighted by Gasteiger charge is 2.62. The molecule has 3 fully saturated rings. The first-order valence-electron chi connectivity index (χ1n) is 7.03. The van der Waals surface area contributed by atoms with Gasteiger partial charge in [0.2, 0.25) is 11.8 Å². The van der Waals surface area contributed by atoms with Crippen LogP contribution in [0.25, 0.3) is 0 Å². The van der Waals surface area contributed by atoms with E-state index in [9.17, 15) is 19.5 Å². The fourth-order valence-corrected chi connectivity index (χ4v) is 4.40. The summed E-state index contributed by atoms with van der Waals surface area (Å²) in [5.41, 5.74) is 0. The molecule has 19 heavy (non-hydrogen) atoms. The Kier molecular flexibility index (Phi) is 2.69. The molecule has 2 amide bonds. The van der Waals surface area contributed by atoms with E-state index in [1.165, 1.54) is 0 Å². The van der Waals surface area contributed by atoms with Crippen LogP contribution in [0.2, 0.25) is 0 Å². The van der Waals surface area contributed by atoms with Crippen LogP contribution in [0.15, 0.2) is 0 Å². The van der Waals surface area contributed by atoms with Crippen molar-refractivity contribution in [1.82, 2.24) is 4.90 Å². The predicted molar refractivity (Wildman–Crippen MR) is 65.9 cm³/mol. The van der Waals surface area contributed by atoms with E-state index in [2.05, 4.69) is 0 Å². The molecule has 3 aliphatic rings. The molecular weight excluding hydrogens is 246 g/mol. The minimum Gasteiger partial charge on any atom is -0.480 e. The molecule has 104 valence electrons. The van der Waals surface area contributed by atoms with Crippen LogP contribution in [0.3, 0.4) is 0 Å². The van der Waals surface area contributed by atoms with Gasteiger partial charge in [0.15, 0.2) is 0 Å². The summed E-state index contributed by atoms with van der Waals surface area (Å²) in [6.07, 6.45) is 3.00. The van der Waals surface area contributed by atoms with Crippen molar-refractivity contribution in [2.45, 2.75) is 39.2 Å². The molecule has 1 saturated heterocycles. The number of likely N-dealkylation sites (tertiary alicyclic amines) is 1. The fraction of sp³-hybridized carbons (Fsp3) is 0.786. The van der Waals surface area contributed by atoms with Crippen LogP contribution in [0, 0.1) is 29.6 Å². The Morgan fingerprint density at radius 3 is 2.00 bits per heavy atom. The van der Waals surface area contributed by atoms with Crippen LogP contribution >= 0.6 is 0 Å². The van der Waals surface area contributed by atoms with Crippen molar-refractivity contribution in [1.29, 1.82) is 0 Å². The molecule has 0 aromatic heterocycles. The monoisotopic (exact) mass is 265 g/mol. The number of hydrogen-bond acceptors (Lipinski definition) is 3. The Bertz CT molecular complexity index is 430. The molecule has 1 N–H and O–H groups in total. The Labute approximate surface area is 112 Å². The maximum Gasteiger partial charge on any atom is 0.327 e. The lowest BCUT2D eigenvalue weighted by molar-refractivity contribution is -0.157. The maximum absolute atomic E-state index is 12.5. The van der Waals surface area contributed by atoms with Gasteiger partial charge in [0, 0.05) is 0 Å². The number of carboxylic acids is 1. The summed E-state index contributed by atoms with van der Waals surface area (Å²) in [7, 11) is 0. The average molecular weight is 265 g/mol. The molecule has 3 rings (SSSR count). The van der Waals surface area contributed by atoms with Gasteiger partial charge in [-0.05, 0) is 37.0 Å². The highest BCUT2D eigenvalue weighted by molar-refractivity contribution is 6.08. The molecule has 1 heterocycles. The van der Waals surface area contributed by atoms with Gasteiger partial charge in [-0.1, -0.05) is 13.8 Å². The number of amides is 2. The number of fused-ring (bicyclic) bond motifs is 5. The standard InChI is InChI=1S/C14H19NO4/c1-6(2)11(14(18)19)15-12(16)9-7-3-4-8(5-7)10(9)13(15)17/h6-11H,3-5H2,1-2H3,(H,18,19)/t7-,8-,9-,10+,11?/m1/s1. The van der Waals surface area contributed by atoms with Gasteiger partial charge < -0.3 is 5.11 Å². The lowest BCUT2D eigenvalue weighted by Crippen LogP contribution is -2.49. The number of aliphatic carboxylic acids is 1.